The van der Waals surface area contributed by atoms with Gasteiger partial charge in [0, 0.05) is 23.3 Å². The first-order chi connectivity index (χ1) is 10.2. The summed E-state index contributed by atoms with van der Waals surface area (Å²) < 4.78 is 13.3. The number of urea groups is 1. The molecule has 0 fully saturated rings. The van der Waals surface area contributed by atoms with Gasteiger partial charge in [-0.2, -0.15) is 0 Å². The highest BCUT2D eigenvalue weighted by Crippen LogP contribution is 2.14. The molecule has 2 N–H and O–H groups in total. The van der Waals surface area contributed by atoms with Gasteiger partial charge in [-0.15, -0.1) is 0 Å². The van der Waals surface area contributed by atoms with Gasteiger partial charge in [0.2, 0.25) is 0 Å². The van der Waals surface area contributed by atoms with Crippen LogP contribution in [0.15, 0.2) is 54.7 Å². The molecule has 0 saturated heterocycles. The van der Waals surface area contributed by atoms with Gasteiger partial charge in [0.25, 0.3) is 0 Å². The second-order valence-electron chi connectivity index (χ2n) is 4.27. The van der Waals surface area contributed by atoms with Gasteiger partial charge in [-0.25, -0.2) is 9.18 Å². The molecule has 0 aliphatic heterocycles. The standard InChI is InChI=1S/C16H14ClFN2O/c17-14-7-3-1-6-13(14)11-20-16(21)19-10-9-12-5-2-4-8-15(12)18/h1-10H,11H2,(H2,19,20,21)/b10-9+. The minimum atomic E-state index is -0.387. The number of nitrogens with one attached hydrogen (secondary N) is 2. The Kier molecular flexibility index (Phi) is 5.35. The predicted molar refractivity (Wildman–Crippen MR) is 82.3 cm³/mol. The largest absolute Gasteiger partial charge is 0.334 e. The molecule has 0 heterocycles. The second-order valence-corrected chi connectivity index (χ2v) is 4.68. The van der Waals surface area contributed by atoms with Crippen LogP contribution in [0.4, 0.5) is 9.18 Å². The fourth-order valence-electron chi connectivity index (χ4n) is 1.69. The van der Waals surface area contributed by atoms with Crippen LogP contribution in [0.1, 0.15) is 11.1 Å². The monoisotopic (exact) mass is 304 g/mol. The number of hydrogen-bond donors (Lipinski definition) is 2. The summed E-state index contributed by atoms with van der Waals surface area (Å²) in [6.45, 7) is 0.318. The van der Waals surface area contributed by atoms with Crippen LogP contribution in [-0.4, -0.2) is 6.03 Å². The van der Waals surface area contributed by atoms with Gasteiger partial charge in [-0.05, 0) is 23.8 Å². The fourth-order valence-corrected chi connectivity index (χ4v) is 1.89. The first kappa shape index (κ1) is 15.1. The van der Waals surface area contributed by atoms with Crippen LogP contribution in [0.25, 0.3) is 6.08 Å². The number of carbonyl (C=O) groups is 1. The molecule has 2 amide bonds. The minimum absolute atomic E-state index is 0.318. The third kappa shape index (κ3) is 4.61. The zero-order valence-electron chi connectivity index (χ0n) is 11.1. The van der Waals surface area contributed by atoms with Crippen molar-refractivity contribution in [2.75, 3.05) is 0 Å². The summed E-state index contributed by atoms with van der Waals surface area (Å²) in [4.78, 5) is 11.6. The molecule has 0 aliphatic carbocycles. The lowest BCUT2D eigenvalue weighted by Gasteiger charge is -2.06. The summed E-state index contributed by atoms with van der Waals surface area (Å²) in [7, 11) is 0. The Morgan fingerprint density at radius 2 is 1.86 bits per heavy atom. The molecular formula is C16H14ClFN2O. The Hall–Kier alpha value is -2.33. The summed E-state index contributed by atoms with van der Waals surface area (Å²) in [6.07, 6.45) is 2.88. The molecule has 108 valence electrons. The molecule has 5 heteroatoms. The Morgan fingerprint density at radius 1 is 1.14 bits per heavy atom. The summed E-state index contributed by atoms with van der Waals surface area (Å²) in [5.74, 6) is -0.341. The molecular weight excluding hydrogens is 291 g/mol. The zero-order valence-corrected chi connectivity index (χ0v) is 11.9. The van der Waals surface area contributed by atoms with Gasteiger partial charge in [0.1, 0.15) is 5.82 Å². The molecule has 0 radical (unpaired) electrons. The van der Waals surface area contributed by atoms with E-state index in [-0.39, 0.29) is 11.8 Å². The SMILES string of the molecule is O=C(N/C=C/c1ccccc1F)NCc1ccccc1Cl. The Bertz CT molecular complexity index is 658. The Balaban J connectivity index is 1.83. The highest BCUT2D eigenvalue weighted by Gasteiger charge is 2.01. The maximum absolute atomic E-state index is 13.3. The number of amides is 2. The quantitative estimate of drug-likeness (QED) is 0.882. The second kappa shape index (κ2) is 7.45. The van der Waals surface area contributed by atoms with Crippen LogP contribution >= 0.6 is 11.6 Å². The topological polar surface area (TPSA) is 41.1 Å². The van der Waals surface area contributed by atoms with Crippen molar-refractivity contribution >= 4 is 23.7 Å². The van der Waals surface area contributed by atoms with Crippen molar-refractivity contribution < 1.29 is 9.18 Å². The number of carbonyl (C=O) groups excluding carboxylic acids is 1. The van der Waals surface area contributed by atoms with Crippen LogP contribution in [0.5, 0.6) is 0 Å². The summed E-state index contributed by atoms with van der Waals surface area (Å²) >= 11 is 5.98. The van der Waals surface area contributed by atoms with Gasteiger partial charge in [-0.3, -0.25) is 0 Å². The normalized spacial score (nSPS) is 10.6. The number of hydrogen-bond acceptors (Lipinski definition) is 1. The number of benzene rings is 2. The minimum Gasteiger partial charge on any atom is -0.334 e. The van der Waals surface area contributed by atoms with E-state index in [9.17, 15) is 9.18 Å². The summed E-state index contributed by atoms with van der Waals surface area (Å²) in [5.41, 5.74) is 1.23. The van der Waals surface area contributed by atoms with Crippen LogP contribution in [0.2, 0.25) is 5.02 Å². The highest BCUT2D eigenvalue weighted by molar-refractivity contribution is 6.31. The van der Waals surface area contributed by atoms with Crippen molar-refractivity contribution in [2.45, 2.75) is 6.54 Å². The van der Waals surface area contributed by atoms with Gasteiger partial charge in [0.05, 0.1) is 0 Å². The van der Waals surface area contributed by atoms with Crippen molar-refractivity contribution in [3.8, 4) is 0 Å². The molecule has 0 atom stereocenters. The van der Waals surface area contributed by atoms with Gasteiger partial charge >= 0.3 is 6.03 Å². The number of rotatable bonds is 4. The molecule has 0 bridgehead atoms. The molecule has 21 heavy (non-hydrogen) atoms. The molecule has 0 aromatic heterocycles. The van der Waals surface area contributed by atoms with E-state index >= 15 is 0 Å². The van der Waals surface area contributed by atoms with Crippen LogP contribution in [-0.2, 0) is 6.54 Å². The van der Waals surface area contributed by atoms with E-state index in [1.807, 2.05) is 18.2 Å². The molecule has 0 spiro atoms. The van der Waals surface area contributed by atoms with E-state index in [0.717, 1.165) is 5.56 Å². The highest BCUT2D eigenvalue weighted by atomic mass is 35.5. The average Bonchev–Trinajstić information content (AvgIpc) is 2.48. The van der Waals surface area contributed by atoms with Crippen LogP contribution < -0.4 is 10.6 Å². The maximum atomic E-state index is 13.3. The zero-order chi connectivity index (χ0) is 15.1. The molecule has 2 rings (SSSR count). The summed E-state index contributed by atoms with van der Waals surface area (Å²) in [5, 5.41) is 5.77. The van der Waals surface area contributed by atoms with Gasteiger partial charge in [-0.1, -0.05) is 48.0 Å². The molecule has 3 nitrogen and oxygen atoms in total. The molecule has 2 aromatic rings. The van der Waals surface area contributed by atoms with E-state index < -0.39 is 0 Å². The fraction of sp³-hybridized carbons (Fsp3) is 0.0625. The van der Waals surface area contributed by atoms with E-state index in [1.54, 1.807) is 24.3 Å². The molecule has 0 saturated carbocycles. The van der Waals surface area contributed by atoms with Crippen LogP contribution in [0.3, 0.4) is 0 Å². The average molecular weight is 305 g/mol. The third-order valence-electron chi connectivity index (χ3n) is 2.78. The first-order valence-corrected chi connectivity index (χ1v) is 6.73. The third-order valence-corrected chi connectivity index (χ3v) is 3.15. The van der Waals surface area contributed by atoms with E-state index in [0.29, 0.717) is 17.1 Å². The van der Waals surface area contributed by atoms with E-state index in [2.05, 4.69) is 10.6 Å². The van der Waals surface area contributed by atoms with Crippen molar-refractivity contribution in [2.24, 2.45) is 0 Å². The van der Waals surface area contributed by atoms with Crippen LogP contribution in [0, 0.1) is 5.82 Å². The lowest BCUT2D eigenvalue weighted by Crippen LogP contribution is -2.31. The van der Waals surface area contributed by atoms with Gasteiger partial charge in [0.15, 0.2) is 0 Å². The smallest absolute Gasteiger partial charge is 0.319 e. The van der Waals surface area contributed by atoms with Crippen molar-refractivity contribution in [3.05, 3.63) is 76.7 Å². The lowest BCUT2D eigenvalue weighted by atomic mass is 10.2. The van der Waals surface area contributed by atoms with Crippen molar-refractivity contribution in [1.29, 1.82) is 0 Å². The van der Waals surface area contributed by atoms with E-state index in [1.165, 1.54) is 18.3 Å². The molecule has 2 aromatic carbocycles. The van der Waals surface area contributed by atoms with Crippen molar-refractivity contribution in [3.63, 3.8) is 0 Å². The molecule has 0 aliphatic rings. The summed E-state index contributed by atoms with van der Waals surface area (Å²) in [6, 6.07) is 13.2. The molecule has 0 unspecified atom stereocenters. The first-order valence-electron chi connectivity index (χ1n) is 6.35. The van der Waals surface area contributed by atoms with E-state index in [4.69, 9.17) is 11.6 Å². The maximum Gasteiger partial charge on any atom is 0.319 e. The van der Waals surface area contributed by atoms with Crippen molar-refractivity contribution in [1.82, 2.24) is 10.6 Å². The predicted octanol–water partition coefficient (Wildman–Crippen LogP) is 3.95. The Labute approximate surface area is 127 Å². The van der Waals surface area contributed by atoms with Gasteiger partial charge < -0.3 is 10.6 Å². The Morgan fingerprint density at radius 3 is 2.62 bits per heavy atom. The lowest BCUT2D eigenvalue weighted by molar-refractivity contribution is 0.244. The number of halogens is 2.